The fourth-order valence-electron chi connectivity index (χ4n) is 6.76. The molecule has 4 rings (SSSR count). The molecule has 0 bridgehead atoms. The molecule has 3 fully saturated rings. The Bertz CT molecular complexity index is 1350. The fraction of sp³-hybridized carbons (Fsp3) is 0.706. The Balaban J connectivity index is 1.56. The normalized spacial score (nSPS) is 23.4. The van der Waals surface area contributed by atoms with Crippen LogP contribution in [-0.4, -0.2) is 107 Å². The highest BCUT2D eigenvalue weighted by Gasteiger charge is 2.55. The number of rotatable bonds is 17. The third-order valence-corrected chi connectivity index (χ3v) is 9.52. The first-order valence-electron chi connectivity index (χ1n) is 17.3. The summed E-state index contributed by atoms with van der Waals surface area (Å²) in [7, 11) is 1.52. The van der Waals surface area contributed by atoms with Crippen molar-refractivity contribution in [1.29, 1.82) is 0 Å². The van der Waals surface area contributed by atoms with Gasteiger partial charge in [-0.1, -0.05) is 41.0 Å². The molecule has 4 N–H and O–H groups in total. The second-order valence-electron chi connectivity index (χ2n) is 13.9. The van der Waals surface area contributed by atoms with Gasteiger partial charge in [0, 0.05) is 38.0 Å². The van der Waals surface area contributed by atoms with Gasteiger partial charge in [0.15, 0.2) is 0 Å². The third-order valence-electron chi connectivity index (χ3n) is 9.52. The van der Waals surface area contributed by atoms with E-state index in [4.69, 9.17) is 9.47 Å². The number of hydrogen-bond donors (Lipinski definition) is 4. The number of carbonyl (C=O) groups excluding carboxylic acids is 6. The zero-order valence-electron chi connectivity index (χ0n) is 29.3. The van der Waals surface area contributed by atoms with Crippen LogP contribution in [0.15, 0.2) is 18.6 Å². The minimum atomic E-state index is -1.04. The maximum absolute atomic E-state index is 14.4. The van der Waals surface area contributed by atoms with Crippen molar-refractivity contribution in [2.24, 2.45) is 23.7 Å². The van der Waals surface area contributed by atoms with Crippen LogP contribution in [0.25, 0.3) is 0 Å². The lowest BCUT2D eigenvalue weighted by Crippen LogP contribution is -2.60. The summed E-state index contributed by atoms with van der Waals surface area (Å²) in [5, 5.41) is 11.1. The van der Waals surface area contributed by atoms with E-state index in [2.05, 4.69) is 31.2 Å². The summed E-state index contributed by atoms with van der Waals surface area (Å²) in [5.41, 5.74) is 0.0463. The predicted octanol–water partition coefficient (Wildman–Crippen LogP) is 0.731. The molecule has 2 aliphatic carbocycles. The minimum Gasteiger partial charge on any atom is -0.359 e. The van der Waals surface area contributed by atoms with Gasteiger partial charge in [-0.15, -0.1) is 0 Å². The molecule has 0 spiro atoms. The van der Waals surface area contributed by atoms with Crippen LogP contribution in [0.5, 0.6) is 0 Å². The van der Waals surface area contributed by atoms with Gasteiger partial charge in [0.05, 0.1) is 18.3 Å². The summed E-state index contributed by atoms with van der Waals surface area (Å²) < 4.78 is 11.1. The van der Waals surface area contributed by atoms with Crippen molar-refractivity contribution in [2.45, 2.75) is 109 Å². The van der Waals surface area contributed by atoms with Crippen molar-refractivity contribution < 1.29 is 38.2 Å². The number of amides is 5. The second-order valence-corrected chi connectivity index (χ2v) is 13.9. The Morgan fingerprint density at radius 2 is 1.63 bits per heavy atom. The molecule has 0 aromatic carbocycles. The van der Waals surface area contributed by atoms with Crippen molar-refractivity contribution in [2.75, 3.05) is 20.4 Å². The number of aromatic nitrogens is 2. The third kappa shape index (κ3) is 9.38. The first kappa shape index (κ1) is 37.8. The molecule has 1 unspecified atom stereocenters. The first-order chi connectivity index (χ1) is 23.4. The topological polar surface area (TPSA) is 198 Å². The number of carbonyl (C=O) groups is 6. The van der Waals surface area contributed by atoms with E-state index < -0.39 is 59.5 Å². The lowest BCUT2D eigenvalue weighted by molar-refractivity contribution is -0.145. The molecule has 0 radical (unpaired) electrons. The number of nitrogens with one attached hydrogen (secondary N) is 4. The Labute approximate surface area is 287 Å². The predicted molar refractivity (Wildman–Crippen MR) is 176 cm³/mol. The maximum Gasteiger partial charge on any atom is 0.289 e. The summed E-state index contributed by atoms with van der Waals surface area (Å²) in [6.45, 7) is 9.23. The summed E-state index contributed by atoms with van der Waals surface area (Å²) in [6.07, 6.45) is 7.54. The van der Waals surface area contributed by atoms with E-state index in [0.717, 1.165) is 12.8 Å². The number of fused-ring (bicyclic) bond motifs is 1. The van der Waals surface area contributed by atoms with Gasteiger partial charge in [0.2, 0.25) is 23.5 Å². The van der Waals surface area contributed by atoms with Gasteiger partial charge in [-0.3, -0.25) is 33.8 Å². The molecule has 270 valence electrons. The van der Waals surface area contributed by atoms with Crippen molar-refractivity contribution in [3.63, 3.8) is 0 Å². The summed E-state index contributed by atoms with van der Waals surface area (Å²) in [4.78, 5) is 90.3. The largest absolute Gasteiger partial charge is 0.359 e. The van der Waals surface area contributed by atoms with Crippen molar-refractivity contribution in [1.82, 2.24) is 36.1 Å². The Kier molecular flexibility index (Phi) is 13.2. The van der Waals surface area contributed by atoms with Gasteiger partial charge in [-0.05, 0) is 49.9 Å². The van der Waals surface area contributed by atoms with E-state index in [9.17, 15) is 28.8 Å². The smallest absolute Gasteiger partial charge is 0.289 e. The van der Waals surface area contributed by atoms with Crippen LogP contribution >= 0.6 is 0 Å². The van der Waals surface area contributed by atoms with Gasteiger partial charge in [0.25, 0.3) is 11.8 Å². The standard InChI is InChI=1S/C34H51N7O8/c1-7-8-23(29(42)33(46)37-20-9-10-20)38-32(45)28-21-11-12-25(49-17-48-6)22(21)16-41(28)34(47)27(19(4)5)40-31(44)26(18(2)3)39-30(43)24-15-35-13-14-36-24/h13-15,18-23,25-28H,7-12,16-17H2,1-6H3,(H,37,46)(H,38,45)(H,39,43)(H,40,44)/t21-,22-,23?,25+,26-,27-,28-/m0/s1. The van der Waals surface area contributed by atoms with Gasteiger partial charge < -0.3 is 35.6 Å². The lowest BCUT2D eigenvalue weighted by Gasteiger charge is -2.34. The number of ether oxygens (including phenoxy) is 2. The quantitative estimate of drug-likeness (QED) is 0.134. The average Bonchev–Trinajstić information content (AvgIpc) is 3.68. The number of likely N-dealkylation sites (tertiary alicyclic amines) is 1. The van der Waals surface area contributed by atoms with Gasteiger partial charge in [-0.25, -0.2) is 4.98 Å². The molecule has 3 aliphatic rings. The van der Waals surface area contributed by atoms with E-state index in [-0.39, 0.29) is 61.3 Å². The Morgan fingerprint density at radius 3 is 2.22 bits per heavy atom. The zero-order chi connectivity index (χ0) is 35.8. The van der Waals surface area contributed by atoms with Gasteiger partial charge in [0.1, 0.15) is 30.6 Å². The monoisotopic (exact) mass is 685 g/mol. The summed E-state index contributed by atoms with van der Waals surface area (Å²) in [6, 6.07) is -4.04. The van der Waals surface area contributed by atoms with Crippen molar-refractivity contribution in [3.05, 3.63) is 24.3 Å². The van der Waals surface area contributed by atoms with E-state index >= 15 is 0 Å². The van der Waals surface area contributed by atoms with Crippen LogP contribution in [0.3, 0.4) is 0 Å². The molecule has 2 heterocycles. The van der Waals surface area contributed by atoms with Crippen LogP contribution < -0.4 is 21.3 Å². The average molecular weight is 686 g/mol. The van der Waals surface area contributed by atoms with Gasteiger partial charge in [-0.2, -0.15) is 0 Å². The minimum absolute atomic E-state index is 0.0144. The highest BCUT2D eigenvalue weighted by atomic mass is 16.7. The number of methoxy groups -OCH3 is 1. The van der Waals surface area contributed by atoms with Crippen molar-refractivity contribution >= 4 is 35.3 Å². The fourth-order valence-corrected chi connectivity index (χ4v) is 6.76. The highest BCUT2D eigenvalue weighted by molar-refractivity contribution is 6.38. The highest BCUT2D eigenvalue weighted by Crippen LogP contribution is 2.44. The van der Waals surface area contributed by atoms with Crippen LogP contribution in [0.2, 0.25) is 0 Å². The van der Waals surface area contributed by atoms with E-state index in [1.807, 2.05) is 6.92 Å². The Hall–Kier alpha value is -3.98. The molecule has 1 aromatic rings. The molecule has 1 aromatic heterocycles. The number of hydrogen-bond acceptors (Lipinski definition) is 10. The molecule has 7 atom stereocenters. The van der Waals surface area contributed by atoms with Crippen LogP contribution in [-0.2, 0) is 33.4 Å². The Morgan fingerprint density at radius 1 is 0.918 bits per heavy atom. The molecule has 2 saturated carbocycles. The van der Waals surface area contributed by atoms with E-state index in [1.54, 1.807) is 27.7 Å². The van der Waals surface area contributed by atoms with Gasteiger partial charge >= 0.3 is 0 Å². The number of nitrogens with zero attached hydrogens (tertiary/aromatic N) is 3. The lowest BCUT2D eigenvalue weighted by atomic mass is 9.92. The summed E-state index contributed by atoms with van der Waals surface area (Å²) >= 11 is 0. The second kappa shape index (κ2) is 17.1. The van der Waals surface area contributed by atoms with E-state index in [0.29, 0.717) is 19.3 Å². The maximum atomic E-state index is 14.4. The molecular weight excluding hydrogens is 634 g/mol. The SMILES string of the molecule is CCCC(NC(=O)[C@@H]1[C@H]2CC[C@@H](OCOC)[C@H]2CN1C(=O)[C@@H](NC(=O)[C@@H](NC(=O)c1cnccn1)C(C)C)C(C)C)C(=O)C(=O)NC1CC1. The first-order valence-corrected chi connectivity index (χ1v) is 17.3. The number of ketones is 1. The molecule has 15 heteroatoms. The summed E-state index contributed by atoms with van der Waals surface area (Å²) in [5.74, 6) is -4.74. The van der Waals surface area contributed by atoms with Crippen LogP contribution in [0, 0.1) is 23.7 Å². The molecule has 15 nitrogen and oxygen atoms in total. The van der Waals surface area contributed by atoms with Crippen LogP contribution in [0.1, 0.15) is 83.6 Å². The number of Topliss-reactive ketones (excluding diaryl/α,β-unsaturated/α-hetero) is 1. The van der Waals surface area contributed by atoms with Crippen LogP contribution in [0.4, 0.5) is 0 Å². The molecule has 49 heavy (non-hydrogen) atoms. The molecule has 5 amide bonds. The molecule has 1 saturated heterocycles. The zero-order valence-corrected chi connectivity index (χ0v) is 29.3. The van der Waals surface area contributed by atoms with E-state index in [1.165, 1.54) is 30.6 Å². The molecular formula is C34H51N7O8. The van der Waals surface area contributed by atoms with Crippen molar-refractivity contribution in [3.8, 4) is 0 Å². The molecule has 1 aliphatic heterocycles.